The molecular formula is C18H22N2O4S. The minimum atomic E-state index is -3.78. The lowest BCUT2D eigenvalue weighted by molar-refractivity contribution is -0.0258. The fourth-order valence-corrected chi connectivity index (χ4v) is 3.37. The van der Waals surface area contributed by atoms with Crippen LogP contribution in [0.2, 0.25) is 0 Å². The molecule has 0 atom stereocenters. The zero-order chi connectivity index (χ0) is 18.4. The Balaban J connectivity index is 2.05. The Hall–Kier alpha value is -2.22. The van der Waals surface area contributed by atoms with E-state index >= 15 is 0 Å². The van der Waals surface area contributed by atoms with Gasteiger partial charge in [-0.3, -0.25) is 9.63 Å². The summed E-state index contributed by atoms with van der Waals surface area (Å²) in [5.74, 6) is -0.314. The van der Waals surface area contributed by atoms with Gasteiger partial charge in [0, 0.05) is 19.2 Å². The number of carbonyl (C=O) groups excluding carboxylic acids is 1. The second-order valence-corrected chi connectivity index (χ2v) is 7.49. The lowest BCUT2D eigenvalue weighted by Gasteiger charge is -2.14. The van der Waals surface area contributed by atoms with Gasteiger partial charge in [0.05, 0.1) is 12.0 Å². The van der Waals surface area contributed by atoms with Crippen molar-refractivity contribution in [1.82, 2.24) is 9.79 Å². The van der Waals surface area contributed by atoms with Crippen molar-refractivity contribution in [3.63, 3.8) is 0 Å². The monoisotopic (exact) mass is 362 g/mol. The van der Waals surface area contributed by atoms with Crippen molar-refractivity contribution in [2.45, 2.75) is 18.2 Å². The van der Waals surface area contributed by atoms with Gasteiger partial charge in [-0.05, 0) is 42.7 Å². The Morgan fingerprint density at radius 3 is 2.56 bits per heavy atom. The van der Waals surface area contributed by atoms with E-state index in [0.717, 1.165) is 4.47 Å². The number of rotatable bonds is 7. The summed E-state index contributed by atoms with van der Waals surface area (Å²) in [6.45, 7) is 2.50. The first-order chi connectivity index (χ1) is 11.9. The normalized spacial score (nSPS) is 11.5. The van der Waals surface area contributed by atoms with Crippen LogP contribution in [0.25, 0.3) is 0 Å². The van der Waals surface area contributed by atoms with Crippen LogP contribution in [0, 0.1) is 6.92 Å². The Bertz CT molecular complexity index is 850. The Morgan fingerprint density at radius 2 is 1.88 bits per heavy atom. The summed E-state index contributed by atoms with van der Waals surface area (Å²) in [4.78, 5) is 17.0. The van der Waals surface area contributed by atoms with E-state index in [0.29, 0.717) is 13.0 Å². The summed E-state index contributed by atoms with van der Waals surface area (Å²) in [6, 6.07) is 13.9. The number of hydrogen-bond donors (Lipinski definition) is 1. The highest BCUT2D eigenvalue weighted by atomic mass is 32.2. The molecule has 0 spiro atoms. The van der Waals surface area contributed by atoms with Gasteiger partial charge in [0.1, 0.15) is 0 Å². The van der Waals surface area contributed by atoms with Crippen LogP contribution >= 0.6 is 0 Å². The summed E-state index contributed by atoms with van der Waals surface area (Å²) in [6.07, 6.45) is 0.711. The lowest BCUT2D eigenvalue weighted by Crippen LogP contribution is -2.28. The molecule has 2 rings (SSSR count). The Labute approximate surface area is 148 Å². The predicted octanol–water partition coefficient (Wildman–Crippen LogP) is 2.15. The van der Waals surface area contributed by atoms with E-state index in [4.69, 9.17) is 4.84 Å². The van der Waals surface area contributed by atoms with Gasteiger partial charge in [0.2, 0.25) is 0 Å². The third-order valence-electron chi connectivity index (χ3n) is 3.93. The van der Waals surface area contributed by atoms with E-state index in [1.807, 2.05) is 31.2 Å². The van der Waals surface area contributed by atoms with Crippen LogP contribution in [0.5, 0.6) is 0 Å². The summed E-state index contributed by atoms with van der Waals surface area (Å²) in [7, 11) is -1.22. The van der Waals surface area contributed by atoms with Gasteiger partial charge < -0.3 is 5.32 Å². The van der Waals surface area contributed by atoms with Crippen LogP contribution in [0.1, 0.15) is 21.5 Å². The van der Waals surface area contributed by atoms with E-state index in [-0.39, 0.29) is 16.4 Å². The molecule has 0 aromatic heterocycles. The Kier molecular flexibility index (Phi) is 6.30. The zero-order valence-electron chi connectivity index (χ0n) is 14.5. The fraction of sp³-hybridized carbons (Fsp3) is 0.278. The van der Waals surface area contributed by atoms with Crippen LogP contribution in [-0.2, 0) is 21.3 Å². The number of sulfonamides is 1. The molecule has 0 unspecified atom stereocenters. The first-order valence-corrected chi connectivity index (χ1v) is 9.26. The second kappa shape index (κ2) is 8.24. The second-order valence-electron chi connectivity index (χ2n) is 5.56. The van der Waals surface area contributed by atoms with Gasteiger partial charge in [0.25, 0.3) is 15.9 Å². The maximum absolute atomic E-state index is 12.3. The molecule has 0 aliphatic heterocycles. The van der Waals surface area contributed by atoms with E-state index < -0.39 is 10.0 Å². The maximum Gasteiger partial charge on any atom is 0.264 e. The number of hydrogen-bond acceptors (Lipinski definition) is 4. The molecule has 25 heavy (non-hydrogen) atoms. The fourth-order valence-electron chi connectivity index (χ4n) is 2.35. The molecule has 0 bridgehead atoms. The summed E-state index contributed by atoms with van der Waals surface area (Å²) >= 11 is 0. The lowest BCUT2D eigenvalue weighted by atomic mass is 10.1. The van der Waals surface area contributed by atoms with Crippen LogP contribution in [-0.4, -0.2) is 39.5 Å². The van der Waals surface area contributed by atoms with Crippen molar-refractivity contribution in [3.8, 4) is 0 Å². The molecule has 0 heterocycles. The molecule has 7 heteroatoms. The maximum atomic E-state index is 12.3. The number of carbonyl (C=O) groups is 1. The van der Waals surface area contributed by atoms with E-state index in [2.05, 4.69) is 5.32 Å². The minimum absolute atomic E-state index is 0.00315. The van der Waals surface area contributed by atoms with Gasteiger partial charge in [-0.2, -0.15) is 0 Å². The van der Waals surface area contributed by atoms with Crippen molar-refractivity contribution in [2.75, 3.05) is 20.7 Å². The molecule has 0 saturated heterocycles. The Morgan fingerprint density at radius 1 is 1.16 bits per heavy atom. The molecule has 0 fully saturated rings. The molecular weight excluding hydrogens is 340 g/mol. The first-order valence-electron chi connectivity index (χ1n) is 7.82. The number of aryl methyl sites for hydroxylation is 1. The van der Waals surface area contributed by atoms with Crippen molar-refractivity contribution in [1.29, 1.82) is 0 Å². The largest absolute Gasteiger partial charge is 0.352 e. The summed E-state index contributed by atoms with van der Waals surface area (Å²) in [5.41, 5.74) is 2.63. The molecule has 2 aromatic rings. The van der Waals surface area contributed by atoms with E-state index in [1.165, 1.54) is 43.5 Å². The third kappa shape index (κ3) is 4.66. The van der Waals surface area contributed by atoms with Gasteiger partial charge >= 0.3 is 0 Å². The zero-order valence-corrected chi connectivity index (χ0v) is 15.3. The molecule has 134 valence electrons. The van der Waals surface area contributed by atoms with Crippen molar-refractivity contribution < 1.29 is 18.0 Å². The minimum Gasteiger partial charge on any atom is -0.352 e. The number of amides is 1. The molecule has 1 N–H and O–H groups in total. The molecule has 0 aliphatic rings. The SMILES string of the molecule is CON(C)S(=O)(=O)c1cccc(C(=O)NCCc2ccccc2C)c1. The number of hydroxylamine groups is 1. The predicted molar refractivity (Wildman–Crippen MR) is 95.6 cm³/mol. The highest BCUT2D eigenvalue weighted by Crippen LogP contribution is 2.16. The standard InChI is InChI=1S/C18H22N2O4S/c1-14-7-4-5-8-15(14)11-12-19-18(21)16-9-6-10-17(13-16)25(22,23)20(2)24-3/h4-10,13H,11-12H2,1-3H3,(H,19,21). The molecule has 2 aromatic carbocycles. The van der Waals surface area contributed by atoms with Crippen LogP contribution in [0.3, 0.4) is 0 Å². The first kappa shape index (κ1) is 19.1. The molecule has 6 nitrogen and oxygen atoms in total. The smallest absolute Gasteiger partial charge is 0.264 e. The molecule has 0 aliphatic carbocycles. The average molecular weight is 362 g/mol. The number of nitrogens with zero attached hydrogens (tertiary/aromatic N) is 1. The molecule has 0 radical (unpaired) electrons. The average Bonchev–Trinajstić information content (AvgIpc) is 2.62. The van der Waals surface area contributed by atoms with Gasteiger partial charge in [0.15, 0.2) is 0 Å². The third-order valence-corrected chi connectivity index (χ3v) is 5.61. The van der Waals surface area contributed by atoms with E-state index in [9.17, 15) is 13.2 Å². The summed E-state index contributed by atoms with van der Waals surface area (Å²) < 4.78 is 25.2. The topological polar surface area (TPSA) is 75.7 Å². The van der Waals surface area contributed by atoms with E-state index in [1.54, 1.807) is 6.07 Å². The van der Waals surface area contributed by atoms with Crippen molar-refractivity contribution in [2.24, 2.45) is 0 Å². The van der Waals surface area contributed by atoms with Crippen molar-refractivity contribution >= 4 is 15.9 Å². The quantitative estimate of drug-likeness (QED) is 0.766. The number of nitrogens with one attached hydrogen (secondary N) is 1. The van der Waals surface area contributed by atoms with Crippen molar-refractivity contribution in [3.05, 3.63) is 65.2 Å². The van der Waals surface area contributed by atoms with Crippen LogP contribution < -0.4 is 5.32 Å². The van der Waals surface area contributed by atoms with Crippen LogP contribution in [0.15, 0.2) is 53.4 Å². The molecule has 1 amide bonds. The summed E-state index contributed by atoms with van der Waals surface area (Å²) in [5, 5.41) is 2.82. The van der Waals surface area contributed by atoms with Gasteiger partial charge in [-0.25, -0.2) is 8.42 Å². The van der Waals surface area contributed by atoms with Crippen LogP contribution in [0.4, 0.5) is 0 Å². The molecule has 0 saturated carbocycles. The van der Waals surface area contributed by atoms with Gasteiger partial charge in [-0.15, -0.1) is 0 Å². The highest BCUT2D eigenvalue weighted by molar-refractivity contribution is 7.89. The van der Waals surface area contributed by atoms with Gasteiger partial charge in [-0.1, -0.05) is 34.8 Å². The number of benzene rings is 2. The highest BCUT2D eigenvalue weighted by Gasteiger charge is 2.21.